The molecule has 0 heterocycles. The molecule has 0 aliphatic rings. The van der Waals surface area contributed by atoms with E-state index in [4.69, 9.17) is 9.47 Å². The molecule has 3 aromatic rings. The van der Waals surface area contributed by atoms with Crippen LogP contribution in [0.25, 0.3) is 0 Å². The first kappa shape index (κ1) is 19.2. The Morgan fingerprint density at radius 1 is 0.964 bits per heavy atom. The van der Waals surface area contributed by atoms with Crippen LogP contribution in [-0.4, -0.2) is 12.0 Å². The van der Waals surface area contributed by atoms with E-state index in [-0.39, 0.29) is 5.69 Å². The maximum absolute atomic E-state index is 10.7. The average molecular weight is 378 g/mol. The Bertz CT molecular complexity index is 955. The van der Waals surface area contributed by atoms with Gasteiger partial charge in [-0.15, -0.1) is 0 Å². The molecule has 0 aliphatic carbocycles. The lowest BCUT2D eigenvalue weighted by molar-refractivity contribution is -0.384. The van der Waals surface area contributed by atoms with E-state index in [1.54, 1.807) is 19.2 Å². The zero-order valence-corrected chi connectivity index (χ0v) is 15.8. The molecule has 0 saturated heterocycles. The predicted molar refractivity (Wildman–Crippen MR) is 109 cm³/mol. The lowest BCUT2D eigenvalue weighted by atomic mass is 10.1. The highest BCUT2D eigenvalue weighted by Gasteiger charge is 2.08. The predicted octanol–water partition coefficient (Wildman–Crippen LogP) is 5.10. The Morgan fingerprint density at radius 2 is 1.71 bits per heavy atom. The molecular formula is C22H22N2O4. The Hall–Kier alpha value is -3.54. The summed E-state index contributed by atoms with van der Waals surface area (Å²) in [6.07, 6.45) is 0. The van der Waals surface area contributed by atoms with Crippen molar-refractivity contribution in [2.24, 2.45) is 0 Å². The molecule has 6 heteroatoms. The summed E-state index contributed by atoms with van der Waals surface area (Å²) in [6.45, 7) is 3.03. The molecule has 0 amide bonds. The number of hydrogen-bond acceptors (Lipinski definition) is 5. The smallest absolute Gasteiger partial charge is 0.269 e. The van der Waals surface area contributed by atoms with E-state index in [2.05, 4.69) is 24.4 Å². The number of non-ortho nitro benzene ring substituents is 1. The van der Waals surface area contributed by atoms with Crippen LogP contribution in [0.2, 0.25) is 0 Å². The number of aryl methyl sites for hydroxylation is 1. The maximum Gasteiger partial charge on any atom is 0.269 e. The zero-order valence-electron chi connectivity index (χ0n) is 15.8. The minimum absolute atomic E-state index is 0.0618. The number of ether oxygens (including phenoxy) is 2. The standard InChI is InChI=1S/C22H22N2O4/c1-16-4-3-5-19(12-16)23-14-18-8-11-21(22(13-18)27-2)28-15-17-6-9-20(10-7-17)24(25)26/h3-13,23H,14-15H2,1-2H3. The first-order chi connectivity index (χ1) is 13.5. The van der Waals surface area contributed by atoms with Gasteiger partial charge in [-0.05, 0) is 60.0 Å². The lowest BCUT2D eigenvalue weighted by Gasteiger charge is -2.13. The molecule has 0 aliphatic heterocycles. The number of methoxy groups -OCH3 is 1. The summed E-state index contributed by atoms with van der Waals surface area (Å²) in [7, 11) is 1.60. The normalized spacial score (nSPS) is 10.4. The minimum atomic E-state index is -0.419. The highest BCUT2D eigenvalue weighted by molar-refractivity contribution is 5.48. The van der Waals surface area contributed by atoms with Crippen LogP contribution < -0.4 is 14.8 Å². The molecule has 0 aromatic heterocycles. The second-order valence-corrected chi connectivity index (χ2v) is 6.42. The van der Waals surface area contributed by atoms with Gasteiger partial charge in [-0.3, -0.25) is 10.1 Å². The largest absolute Gasteiger partial charge is 0.493 e. The molecule has 0 fully saturated rings. The van der Waals surface area contributed by atoms with Crippen LogP contribution in [0.5, 0.6) is 11.5 Å². The Morgan fingerprint density at radius 3 is 2.39 bits per heavy atom. The molecule has 28 heavy (non-hydrogen) atoms. The van der Waals surface area contributed by atoms with Crippen LogP contribution >= 0.6 is 0 Å². The van der Waals surface area contributed by atoms with Crippen LogP contribution in [0.15, 0.2) is 66.7 Å². The molecule has 144 valence electrons. The lowest BCUT2D eigenvalue weighted by Crippen LogP contribution is -2.02. The van der Waals surface area contributed by atoms with Crippen LogP contribution in [0, 0.1) is 17.0 Å². The van der Waals surface area contributed by atoms with Gasteiger partial charge in [-0.2, -0.15) is 0 Å². The first-order valence-corrected chi connectivity index (χ1v) is 8.89. The van der Waals surface area contributed by atoms with Crippen LogP contribution in [-0.2, 0) is 13.2 Å². The second kappa shape index (κ2) is 8.90. The van der Waals surface area contributed by atoms with Crippen molar-refractivity contribution in [1.82, 2.24) is 0 Å². The van der Waals surface area contributed by atoms with Gasteiger partial charge in [0.25, 0.3) is 5.69 Å². The summed E-state index contributed by atoms with van der Waals surface area (Å²) >= 11 is 0. The highest BCUT2D eigenvalue weighted by atomic mass is 16.6. The fourth-order valence-electron chi connectivity index (χ4n) is 2.78. The molecule has 6 nitrogen and oxygen atoms in total. The van der Waals surface area contributed by atoms with Gasteiger partial charge >= 0.3 is 0 Å². The number of nitro groups is 1. The molecule has 1 N–H and O–H groups in total. The SMILES string of the molecule is COc1cc(CNc2cccc(C)c2)ccc1OCc1ccc([N+](=O)[O-])cc1. The molecular weight excluding hydrogens is 356 g/mol. The number of nitrogens with one attached hydrogen (secondary N) is 1. The number of anilines is 1. The summed E-state index contributed by atoms with van der Waals surface area (Å²) in [4.78, 5) is 10.3. The van der Waals surface area contributed by atoms with Crippen molar-refractivity contribution in [3.8, 4) is 11.5 Å². The maximum atomic E-state index is 10.7. The summed E-state index contributed by atoms with van der Waals surface area (Å²) in [6, 6.07) is 20.3. The van der Waals surface area contributed by atoms with Crippen molar-refractivity contribution >= 4 is 11.4 Å². The van der Waals surface area contributed by atoms with Gasteiger partial charge in [0.15, 0.2) is 11.5 Å². The molecule has 3 rings (SSSR count). The van der Waals surface area contributed by atoms with Crippen molar-refractivity contribution in [3.05, 3.63) is 93.5 Å². The summed E-state index contributed by atoms with van der Waals surface area (Å²) in [5.41, 5.74) is 4.25. The number of rotatable bonds is 8. The van der Waals surface area contributed by atoms with Gasteiger partial charge in [-0.25, -0.2) is 0 Å². The Balaban J connectivity index is 1.63. The van der Waals surface area contributed by atoms with E-state index in [1.165, 1.54) is 17.7 Å². The molecule has 0 spiro atoms. The number of benzene rings is 3. The third-order valence-electron chi connectivity index (χ3n) is 4.28. The van der Waals surface area contributed by atoms with Gasteiger partial charge < -0.3 is 14.8 Å². The van der Waals surface area contributed by atoms with Gasteiger partial charge in [0.2, 0.25) is 0 Å². The molecule has 0 atom stereocenters. The second-order valence-electron chi connectivity index (χ2n) is 6.42. The third-order valence-corrected chi connectivity index (χ3v) is 4.28. The van der Waals surface area contributed by atoms with E-state index in [0.717, 1.165) is 16.8 Å². The van der Waals surface area contributed by atoms with E-state index in [9.17, 15) is 10.1 Å². The van der Waals surface area contributed by atoms with Crippen LogP contribution in [0.4, 0.5) is 11.4 Å². The summed E-state index contributed by atoms with van der Waals surface area (Å²) < 4.78 is 11.3. The van der Waals surface area contributed by atoms with Gasteiger partial charge in [0.1, 0.15) is 6.61 Å². The quantitative estimate of drug-likeness (QED) is 0.436. The van der Waals surface area contributed by atoms with Crippen LogP contribution in [0.1, 0.15) is 16.7 Å². The van der Waals surface area contributed by atoms with Crippen molar-refractivity contribution < 1.29 is 14.4 Å². The molecule has 0 radical (unpaired) electrons. The average Bonchev–Trinajstić information content (AvgIpc) is 2.71. The number of nitro benzene ring substituents is 1. The summed E-state index contributed by atoms with van der Waals surface area (Å²) in [5.74, 6) is 1.27. The molecule has 3 aromatic carbocycles. The van der Waals surface area contributed by atoms with Crippen LogP contribution in [0.3, 0.4) is 0 Å². The summed E-state index contributed by atoms with van der Waals surface area (Å²) in [5, 5.41) is 14.1. The first-order valence-electron chi connectivity index (χ1n) is 8.89. The fraction of sp³-hybridized carbons (Fsp3) is 0.182. The van der Waals surface area contributed by atoms with Crippen molar-refractivity contribution in [1.29, 1.82) is 0 Å². The molecule has 0 bridgehead atoms. The number of nitrogens with zero attached hydrogens (tertiary/aromatic N) is 1. The van der Waals surface area contributed by atoms with Gasteiger partial charge in [-0.1, -0.05) is 18.2 Å². The molecule has 0 unspecified atom stereocenters. The van der Waals surface area contributed by atoms with Crippen molar-refractivity contribution in [2.45, 2.75) is 20.1 Å². The topological polar surface area (TPSA) is 73.6 Å². The Kier molecular flexibility index (Phi) is 6.11. The van der Waals surface area contributed by atoms with E-state index >= 15 is 0 Å². The highest BCUT2D eigenvalue weighted by Crippen LogP contribution is 2.29. The van der Waals surface area contributed by atoms with E-state index < -0.39 is 4.92 Å². The molecule has 0 saturated carbocycles. The van der Waals surface area contributed by atoms with Gasteiger partial charge in [0, 0.05) is 24.4 Å². The van der Waals surface area contributed by atoms with Gasteiger partial charge in [0.05, 0.1) is 12.0 Å². The fourth-order valence-corrected chi connectivity index (χ4v) is 2.78. The Labute approximate surface area is 163 Å². The van der Waals surface area contributed by atoms with E-state index in [0.29, 0.717) is 24.7 Å². The van der Waals surface area contributed by atoms with Crippen molar-refractivity contribution in [2.75, 3.05) is 12.4 Å². The monoisotopic (exact) mass is 378 g/mol. The zero-order chi connectivity index (χ0) is 19.9. The number of hydrogen-bond donors (Lipinski definition) is 1. The van der Waals surface area contributed by atoms with E-state index in [1.807, 2.05) is 30.3 Å². The minimum Gasteiger partial charge on any atom is -0.493 e. The third kappa shape index (κ3) is 5.01. The van der Waals surface area contributed by atoms with Crippen molar-refractivity contribution in [3.63, 3.8) is 0 Å².